The van der Waals surface area contributed by atoms with E-state index in [0.717, 1.165) is 0 Å². The first-order valence-electron chi connectivity index (χ1n) is 9.05. The molecule has 1 rings (SSSR count). The molecule has 0 atom stereocenters. The molecule has 0 heterocycles. The van der Waals surface area contributed by atoms with Crippen molar-refractivity contribution >= 4 is 22.4 Å². The van der Waals surface area contributed by atoms with Gasteiger partial charge in [0.25, 0.3) is 16.6 Å². The van der Waals surface area contributed by atoms with Crippen LogP contribution in [-0.4, -0.2) is 22.4 Å². The van der Waals surface area contributed by atoms with Gasteiger partial charge in [-0.15, -0.1) is 6.42 Å². The summed E-state index contributed by atoms with van der Waals surface area (Å²) in [7, 11) is -4.13. The molecule has 0 radical (unpaired) electrons. The van der Waals surface area contributed by atoms with Crippen LogP contribution in [0.25, 0.3) is 0 Å². The van der Waals surface area contributed by atoms with Crippen LogP contribution in [0.1, 0.15) is 51.9 Å². The third-order valence-corrected chi connectivity index (χ3v) is 14.4. The van der Waals surface area contributed by atoms with E-state index in [2.05, 4.69) is 73.7 Å². The second kappa shape index (κ2) is 7.24. The van der Waals surface area contributed by atoms with Crippen LogP contribution in [0.2, 0.25) is 36.3 Å². The first-order valence-corrected chi connectivity index (χ1v) is 14.9. The molecule has 3 nitrogen and oxygen atoms in total. The highest BCUT2D eigenvalue weighted by Gasteiger charge is 2.42. The molecule has 5 heteroatoms. The van der Waals surface area contributed by atoms with E-state index < -0.39 is 16.6 Å². The highest BCUT2D eigenvalue weighted by Crippen LogP contribution is 2.43. The molecule has 1 aromatic rings. The minimum atomic E-state index is -2.09. The number of carbonyl (C=O) groups is 1. The van der Waals surface area contributed by atoms with Crippen molar-refractivity contribution in [2.75, 3.05) is 0 Å². The number of benzene rings is 1. The van der Waals surface area contributed by atoms with E-state index in [1.54, 1.807) is 12.1 Å². The Morgan fingerprint density at radius 1 is 0.885 bits per heavy atom. The molecule has 0 amide bonds. The van der Waals surface area contributed by atoms with Gasteiger partial charge in [0.05, 0.1) is 0 Å². The van der Waals surface area contributed by atoms with Crippen molar-refractivity contribution in [3.8, 4) is 23.8 Å². The van der Waals surface area contributed by atoms with Crippen molar-refractivity contribution in [1.29, 1.82) is 0 Å². The molecule has 0 aliphatic rings. The largest absolute Gasteiger partial charge is 0.541 e. The molecule has 0 N–H and O–H groups in total. The quantitative estimate of drug-likeness (QED) is 0.257. The summed E-state index contributed by atoms with van der Waals surface area (Å²) in [6.07, 6.45) is 5.29. The first-order chi connectivity index (χ1) is 11.5. The van der Waals surface area contributed by atoms with Crippen molar-refractivity contribution in [2.45, 2.75) is 77.8 Å². The highest BCUT2D eigenvalue weighted by atomic mass is 28.4. The molecule has 0 saturated heterocycles. The van der Waals surface area contributed by atoms with Crippen molar-refractivity contribution in [2.24, 2.45) is 0 Å². The van der Waals surface area contributed by atoms with E-state index in [4.69, 9.17) is 15.3 Å². The normalized spacial score (nSPS) is 13.1. The Bertz CT molecular complexity index is 714. The van der Waals surface area contributed by atoms with Crippen LogP contribution in [0, 0.1) is 12.3 Å². The Kier molecular flexibility index (Phi) is 6.28. The van der Waals surface area contributed by atoms with Crippen molar-refractivity contribution < 1.29 is 13.6 Å². The molecule has 1 aromatic carbocycles. The van der Waals surface area contributed by atoms with Crippen LogP contribution in [0.4, 0.5) is 0 Å². The van der Waals surface area contributed by atoms with Gasteiger partial charge in [0, 0.05) is 5.56 Å². The molecule has 0 spiro atoms. The third kappa shape index (κ3) is 5.02. The summed E-state index contributed by atoms with van der Waals surface area (Å²) < 4.78 is 13.0. The van der Waals surface area contributed by atoms with E-state index >= 15 is 0 Å². The lowest BCUT2D eigenvalue weighted by Crippen LogP contribution is -2.45. The number of hydrogen-bond acceptors (Lipinski definition) is 3. The Balaban J connectivity index is 3.43. The lowest BCUT2D eigenvalue weighted by atomic mass is 10.1. The van der Waals surface area contributed by atoms with Crippen LogP contribution < -0.4 is 8.85 Å². The van der Waals surface area contributed by atoms with Gasteiger partial charge in [-0.2, -0.15) is 0 Å². The molecule has 0 bridgehead atoms. The van der Waals surface area contributed by atoms with Gasteiger partial charge >= 0.3 is 0 Å². The van der Waals surface area contributed by atoms with Gasteiger partial charge in [-0.1, -0.05) is 41.5 Å². The zero-order valence-electron chi connectivity index (χ0n) is 18.0. The van der Waals surface area contributed by atoms with Gasteiger partial charge in [0.15, 0.2) is 0 Å². The highest BCUT2D eigenvalue weighted by molar-refractivity contribution is 6.75. The summed E-state index contributed by atoms with van der Waals surface area (Å²) in [6, 6.07) is 5.29. The van der Waals surface area contributed by atoms with Crippen LogP contribution in [-0.2, 0) is 0 Å². The monoisotopic (exact) mass is 390 g/mol. The van der Waals surface area contributed by atoms with Crippen LogP contribution >= 0.6 is 0 Å². The second-order valence-electron chi connectivity index (χ2n) is 9.86. The predicted molar refractivity (Wildman–Crippen MR) is 115 cm³/mol. The number of rotatable bonds is 5. The van der Waals surface area contributed by atoms with Gasteiger partial charge in [0.1, 0.15) is 11.5 Å². The predicted octanol–water partition coefficient (Wildman–Crippen LogP) is 6.27. The maximum atomic E-state index is 12.0. The molecule has 144 valence electrons. The summed E-state index contributed by atoms with van der Waals surface area (Å²) in [4.78, 5) is 12.0. The lowest BCUT2D eigenvalue weighted by Gasteiger charge is -2.39. The number of terminal acetylenes is 1. The summed E-state index contributed by atoms with van der Waals surface area (Å²) >= 11 is 0. The number of carbonyl (C=O) groups excluding carboxylic acids is 1. The maximum Gasteiger partial charge on any atom is 0.250 e. The van der Waals surface area contributed by atoms with Gasteiger partial charge < -0.3 is 8.85 Å². The SMILES string of the molecule is C#CC(=O)c1ccc(O[Si](C)(C)C(C)(C)C)c(O[Si](C)(C)C(C)(C)C)c1. The van der Waals surface area contributed by atoms with E-state index in [9.17, 15) is 4.79 Å². The first kappa shape index (κ1) is 22.5. The zero-order chi connectivity index (χ0) is 20.6. The summed E-state index contributed by atoms with van der Waals surface area (Å²) in [5, 5.41) is 0.0991. The summed E-state index contributed by atoms with van der Waals surface area (Å²) in [5.74, 6) is 3.17. The Morgan fingerprint density at radius 2 is 1.31 bits per heavy atom. The second-order valence-corrected chi connectivity index (χ2v) is 19.3. The fourth-order valence-electron chi connectivity index (χ4n) is 1.75. The molecule has 0 unspecified atom stereocenters. The fraction of sp³-hybridized carbons (Fsp3) is 0.571. The van der Waals surface area contributed by atoms with E-state index in [0.29, 0.717) is 17.1 Å². The number of hydrogen-bond donors (Lipinski definition) is 0. The number of Topliss-reactive ketones (excluding diaryl/α,β-unsaturated/α-hetero) is 1. The van der Waals surface area contributed by atoms with Crippen LogP contribution in [0.15, 0.2) is 18.2 Å². The molecule has 0 fully saturated rings. The maximum absolute atomic E-state index is 12.0. The van der Waals surface area contributed by atoms with Crippen LogP contribution in [0.5, 0.6) is 11.5 Å². The summed E-state index contributed by atoms with van der Waals surface area (Å²) in [6.45, 7) is 21.9. The topological polar surface area (TPSA) is 35.5 Å². The number of ketones is 1. The minimum absolute atomic E-state index is 0.0351. The Hall–Kier alpha value is -1.52. The molecule has 0 saturated carbocycles. The Morgan fingerprint density at radius 3 is 1.69 bits per heavy atom. The fourth-order valence-corrected chi connectivity index (χ4v) is 3.79. The molecule has 26 heavy (non-hydrogen) atoms. The minimum Gasteiger partial charge on any atom is -0.541 e. The molecular weight excluding hydrogens is 356 g/mol. The molecule has 0 aromatic heterocycles. The average molecular weight is 391 g/mol. The van der Waals surface area contributed by atoms with Crippen molar-refractivity contribution in [3.63, 3.8) is 0 Å². The van der Waals surface area contributed by atoms with E-state index in [1.807, 2.05) is 6.07 Å². The van der Waals surface area contributed by atoms with Crippen molar-refractivity contribution in [3.05, 3.63) is 23.8 Å². The van der Waals surface area contributed by atoms with Gasteiger partial charge in [-0.3, -0.25) is 4.79 Å². The molecule has 0 aliphatic carbocycles. The lowest BCUT2D eigenvalue weighted by molar-refractivity contribution is 0.105. The standard InChI is InChI=1S/C21H34O3Si2/c1-12-17(22)16-13-14-18(23-25(8,9)20(2,3)4)19(15-16)24-26(10,11)21(5,6)7/h1,13-15H,2-11H3. The third-order valence-electron chi connectivity index (χ3n) is 5.68. The Labute approximate surface area is 161 Å². The molecule has 0 aliphatic heterocycles. The van der Waals surface area contributed by atoms with E-state index in [-0.39, 0.29) is 15.9 Å². The van der Waals surface area contributed by atoms with Gasteiger partial charge in [0.2, 0.25) is 5.78 Å². The average Bonchev–Trinajstić information content (AvgIpc) is 2.45. The van der Waals surface area contributed by atoms with Gasteiger partial charge in [-0.05, 0) is 60.4 Å². The zero-order valence-corrected chi connectivity index (χ0v) is 20.0. The van der Waals surface area contributed by atoms with E-state index in [1.165, 1.54) is 0 Å². The summed E-state index contributed by atoms with van der Waals surface area (Å²) in [5.41, 5.74) is 0.462. The van der Waals surface area contributed by atoms with Crippen LogP contribution in [0.3, 0.4) is 0 Å². The van der Waals surface area contributed by atoms with Crippen molar-refractivity contribution in [1.82, 2.24) is 0 Å². The smallest absolute Gasteiger partial charge is 0.250 e. The van der Waals surface area contributed by atoms with Gasteiger partial charge in [-0.25, -0.2) is 0 Å². The molecular formula is C21H34O3Si2.